The summed E-state index contributed by atoms with van der Waals surface area (Å²) in [5.74, 6) is -0.0358. The van der Waals surface area contributed by atoms with E-state index in [4.69, 9.17) is 16.7 Å². The van der Waals surface area contributed by atoms with Crippen molar-refractivity contribution in [3.05, 3.63) is 76.9 Å². The SMILES string of the molecule is CCCCCC1CN(CC(=O)N2CCCC2CCCc2ccccc2)C(=O)c2cc(-c3ccc(Cl)cc3)nn21. The van der Waals surface area contributed by atoms with Gasteiger partial charge in [0.25, 0.3) is 5.91 Å². The van der Waals surface area contributed by atoms with Crippen LogP contribution in [0.1, 0.15) is 80.4 Å². The Labute approximate surface area is 236 Å². The summed E-state index contributed by atoms with van der Waals surface area (Å²) in [5, 5.41) is 5.52. The number of halogens is 1. The average Bonchev–Trinajstić information content (AvgIpc) is 3.60. The molecule has 0 spiro atoms. The first-order valence-corrected chi connectivity index (χ1v) is 14.9. The minimum absolute atomic E-state index is 0.0679. The number of hydrogen-bond donors (Lipinski definition) is 0. The lowest BCUT2D eigenvalue weighted by Crippen LogP contribution is -2.49. The summed E-state index contributed by atoms with van der Waals surface area (Å²) in [4.78, 5) is 31.0. The summed E-state index contributed by atoms with van der Waals surface area (Å²) in [7, 11) is 0. The lowest BCUT2D eigenvalue weighted by Gasteiger charge is -2.35. The van der Waals surface area contributed by atoms with Crippen LogP contribution in [0.15, 0.2) is 60.7 Å². The number of aromatic nitrogens is 2. The minimum atomic E-state index is -0.109. The van der Waals surface area contributed by atoms with Gasteiger partial charge >= 0.3 is 0 Å². The van der Waals surface area contributed by atoms with Crippen molar-refractivity contribution < 1.29 is 9.59 Å². The van der Waals surface area contributed by atoms with Crippen LogP contribution in [0, 0.1) is 0 Å². The third-order valence-electron chi connectivity index (χ3n) is 8.17. The Morgan fingerprint density at radius 1 is 1.00 bits per heavy atom. The van der Waals surface area contributed by atoms with Crippen molar-refractivity contribution in [1.82, 2.24) is 19.6 Å². The number of nitrogens with zero attached hydrogens (tertiary/aromatic N) is 4. The molecule has 5 rings (SSSR count). The zero-order valence-electron chi connectivity index (χ0n) is 22.9. The summed E-state index contributed by atoms with van der Waals surface area (Å²) in [5.41, 5.74) is 3.61. The van der Waals surface area contributed by atoms with Crippen LogP contribution in [0.2, 0.25) is 5.02 Å². The van der Waals surface area contributed by atoms with E-state index in [2.05, 4.69) is 31.2 Å². The fourth-order valence-corrected chi connectivity index (χ4v) is 6.18. The summed E-state index contributed by atoms with van der Waals surface area (Å²) >= 11 is 6.08. The van der Waals surface area contributed by atoms with Gasteiger partial charge in [-0.15, -0.1) is 0 Å². The second-order valence-electron chi connectivity index (χ2n) is 11.0. The van der Waals surface area contributed by atoms with E-state index in [9.17, 15) is 9.59 Å². The third kappa shape index (κ3) is 6.55. The number of hydrogen-bond acceptors (Lipinski definition) is 3. The van der Waals surface area contributed by atoms with E-state index in [-0.39, 0.29) is 30.4 Å². The maximum atomic E-state index is 13.6. The second kappa shape index (κ2) is 12.8. The zero-order valence-corrected chi connectivity index (χ0v) is 23.7. The van der Waals surface area contributed by atoms with Gasteiger partial charge in [0.15, 0.2) is 0 Å². The van der Waals surface area contributed by atoms with Crippen molar-refractivity contribution >= 4 is 23.4 Å². The molecule has 2 aliphatic rings. The number of amides is 2. The van der Waals surface area contributed by atoms with E-state index in [0.717, 1.165) is 75.6 Å². The molecule has 2 atom stereocenters. The molecule has 0 N–H and O–H groups in total. The van der Waals surface area contributed by atoms with Crippen molar-refractivity contribution in [2.75, 3.05) is 19.6 Å². The van der Waals surface area contributed by atoms with Crippen LogP contribution in [0.3, 0.4) is 0 Å². The predicted octanol–water partition coefficient (Wildman–Crippen LogP) is 6.79. The maximum absolute atomic E-state index is 13.6. The third-order valence-corrected chi connectivity index (χ3v) is 8.42. The molecule has 1 saturated heterocycles. The van der Waals surface area contributed by atoms with Crippen LogP contribution in [0.4, 0.5) is 0 Å². The molecule has 206 valence electrons. The molecule has 6 nitrogen and oxygen atoms in total. The van der Waals surface area contributed by atoms with Crippen LogP contribution in [-0.2, 0) is 11.2 Å². The van der Waals surface area contributed by atoms with Gasteiger partial charge in [0.1, 0.15) is 12.2 Å². The van der Waals surface area contributed by atoms with Gasteiger partial charge in [0.2, 0.25) is 5.91 Å². The van der Waals surface area contributed by atoms with Gasteiger partial charge in [-0.2, -0.15) is 5.10 Å². The van der Waals surface area contributed by atoms with Crippen LogP contribution in [0.25, 0.3) is 11.3 Å². The highest BCUT2D eigenvalue weighted by molar-refractivity contribution is 6.30. The van der Waals surface area contributed by atoms with Crippen molar-refractivity contribution in [2.45, 2.75) is 76.8 Å². The van der Waals surface area contributed by atoms with Crippen molar-refractivity contribution in [1.29, 1.82) is 0 Å². The first kappa shape index (κ1) is 27.4. The van der Waals surface area contributed by atoms with Gasteiger partial charge in [0.05, 0.1) is 11.7 Å². The zero-order chi connectivity index (χ0) is 27.2. The van der Waals surface area contributed by atoms with E-state index >= 15 is 0 Å². The number of likely N-dealkylation sites (tertiary alicyclic amines) is 1. The molecule has 7 heteroatoms. The molecule has 0 saturated carbocycles. The van der Waals surface area contributed by atoms with E-state index in [1.807, 2.05) is 46.0 Å². The molecule has 39 heavy (non-hydrogen) atoms. The minimum Gasteiger partial charge on any atom is -0.338 e. The molecule has 3 heterocycles. The molecule has 2 unspecified atom stereocenters. The lowest BCUT2D eigenvalue weighted by molar-refractivity contribution is -0.133. The first-order valence-electron chi connectivity index (χ1n) is 14.5. The largest absolute Gasteiger partial charge is 0.338 e. The van der Waals surface area contributed by atoms with Crippen molar-refractivity contribution in [3.63, 3.8) is 0 Å². The highest BCUT2D eigenvalue weighted by Gasteiger charge is 2.36. The Balaban J connectivity index is 1.27. The topological polar surface area (TPSA) is 58.4 Å². The quantitative estimate of drug-likeness (QED) is 0.249. The molecule has 1 aromatic heterocycles. The van der Waals surface area contributed by atoms with E-state index in [1.165, 1.54) is 5.56 Å². The molecule has 0 bridgehead atoms. The molecule has 2 aromatic carbocycles. The van der Waals surface area contributed by atoms with Gasteiger partial charge in [-0.3, -0.25) is 14.3 Å². The second-order valence-corrected chi connectivity index (χ2v) is 11.4. The molecular formula is C32H39ClN4O2. The number of fused-ring (bicyclic) bond motifs is 1. The molecule has 2 aliphatic heterocycles. The number of unbranched alkanes of at least 4 members (excludes halogenated alkanes) is 2. The fourth-order valence-electron chi connectivity index (χ4n) is 6.06. The molecule has 0 radical (unpaired) electrons. The van der Waals surface area contributed by atoms with Gasteiger partial charge in [-0.25, -0.2) is 0 Å². The van der Waals surface area contributed by atoms with Gasteiger partial charge in [-0.1, -0.05) is 80.3 Å². The number of carbonyl (C=O) groups is 2. The van der Waals surface area contributed by atoms with E-state index < -0.39 is 0 Å². The Morgan fingerprint density at radius 3 is 2.54 bits per heavy atom. The summed E-state index contributed by atoms with van der Waals surface area (Å²) < 4.78 is 1.91. The van der Waals surface area contributed by atoms with E-state index in [0.29, 0.717) is 17.3 Å². The summed E-state index contributed by atoms with van der Waals surface area (Å²) in [6, 6.07) is 20.3. The molecule has 1 fully saturated rings. The number of benzene rings is 2. The number of carbonyl (C=O) groups excluding carboxylic acids is 2. The fraction of sp³-hybridized carbons (Fsp3) is 0.469. The van der Waals surface area contributed by atoms with Gasteiger partial charge < -0.3 is 9.80 Å². The molecule has 3 aromatic rings. The first-order chi connectivity index (χ1) is 19.0. The highest BCUT2D eigenvalue weighted by Crippen LogP contribution is 2.30. The molecule has 0 aliphatic carbocycles. The number of aryl methyl sites for hydroxylation is 1. The summed E-state index contributed by atoms with van der Waals surface area (Å²) in [6.07, 6.45) is 9.47. The van der Waals surface area contributed by atoms with Crippen LogP contribution in [0.5, 0.6) is 0 Å². The van der Waals surface area contributed by atoms with Crippen molar-refractivity contribution in [3.8, 4) is 11.3 Å². The summed E-state index contributed by atoms with van der Waals surface area (Å²) in [6.45, 7) is 3.64. The Morgan fingerprint density at radius 2 is 1.77 bits per heavy atom. The Bertz CT molecular complexity index is 1260. The van der Waals surface area contributed by atoms with Crippen LogP contribution in [-0.4, -0.2) is 57.1 Å². The van der Waals surface area contributed by atoms with E-state index in [1.54, 1.807) is 4.90 Å². The normalized spacial score (nSPS) is 19.0. The smallest absolute Gasteiger partial charge is 0.272 e. The lowest BCUT2D eigenvalue weighted by atomic mass is 10.0. The molecular weight excluding hydrogens is 508 g/mol. The van der Waals surface area contributed by atoms with Gasteiger partial charge in [-0.05, 0) is 62.3 Å². The predicted molar refractivity (Wildman–Crippen MR) is 156 cm³/mol. The Kier molecular flexibility index (Phi) is 9.02. The number of rotatable bonds is 11. The van der Waals surface area contributed by atoms with Crippen molar-refractivity contribution in [2.24, 2.45) is 0 Å². The standard InChI is InChI=1S/C32H39ClN4O2/c1-2-3-5-13-28-22-35(32(39)30-21-29(34-37(28)30)25-16-18-26(33)19-17-25)23-31(38)36-20-9-15-27(36)14-8-12-24-10-6-4-7-11-24/h4,6-7,10-11,16-19,21,27-28H,2-3,5,8-9,12-15,20,22-23H2,1H3. The van der Waals surface area contributed by atoms with Gasteiger partial charge in [0, 0.05) is 29.7 Å². The van der Waals surface area contributed by atoms with Crippen LogP contribution < -0.4 is 0 Å². The monoisotopic (exact) mass is 546 g/mol. The maximum Gasteiger partial charge on any atom is 0.272 e. The average molecular weight is 547 g/mol. The Hall–Kier alpha value is -3.12. The highest BCUT2D eigenvalue weighted by atomic mass is 35.5. The molecule has 2 amide bonds. The van der Waals surface area contributed by atoms with Crippen LogP contribution >= 0.6 is 11.6 Å².